The standard InChI is InChI=1S/C15H18N4/c1-10-3-5-11(6-4-10)14-12-7-8-19(2)15(12)18-13(9-16)17-14/h3-6H,7-9,16H2,1-2H3. The van der Waals surface area contributed by atoms with E-state index in [1.165, 1.54) is 11.1 Å². The van der Waals surface area contributed by atoms with Crippen LogP contribution in [0.15, 0.2) is 24.3 Å². The second-order valence-corrected chi connectivity index (χ2v) is 5.03. The van der Waals surface area contributed by atoms with E-state index in [1.807, 2.05) is 0 Å². The molecule has 0 unspecified atom stereocenters. The summed E-state index contributed by atoms with van der Waals surface area (Å²) in [4.78, 5) is 11.4. The van der Waals surface area contributed by atoms with E-state index in [-0.39, 0.29) is 0 Å². The van der Waals surface area contributed by atoms with E-state index < -0.39 is 0 Å². The molecule has 4 heteroatoms. The summed E-state index contributed by atoms with van der Waals surface area (Å²) in [5.74, 6) is 1.74. The van der Waals surface area contributed by atoms with Gasteiger partial charge in [0.05, 0.1) is 12.2 Å². The Morgan fingerprint density at radius 2 is 1.95 bits per heavy atom. The van der Waals surface area contributed by atoms with Crippen LogP contribution in [0.3, 0.4) is 0 Å². The van der Waals surface area contributed by atoms with Gasteiger partial charge in [-0.2, -0.15) is 0 Å². The van der Waals surface area contributed by atoms with Gasteiger partial charge < -0.3 is 10.6 Å². The van der Waals surface area contributed by atoms with E-state index in [4.69, 9.17) is 5.73 Å². The Hall–Kier alpha value is -1.94. The molecule has 0 spiro atoms. The van der Waals surface area contributed by atoms with Crippen molar-refractivity contribution in [2.45, 2.75) is 19.9 Å². The van der Waals surface area contributed by atoms with Crippen LogP contribution in [-0.4, -0.2) is 23.6 Å². The lowest BCUT2D eigenvalue weighted by Crippen LogP contribution is -2.15. The number of benzene rings is 1. The van der Waals surface area contributed by atoms with Gasteiger partial charge in [0.15, 0.2) is 0 Å². The summed E-state index contributed by atoms with van der Waals surface area (Å²) in [6.07, 6.45) is 1.000. The summed E-state index contributed by atoms with van der Waals surface area (Å²) in [5.41, 5.74) is 10.4. The molecule has 1 aliphatic rings. The van der Waals surface area contributed by atoms with Crippen LogP contribution in [0.1, 0.15) is 17.0 Å². The van der Waals surface area contributed by atoms with E-state index in [2.05, 4.69) is 53.1 Å². The molecule has 4 nitrogen and oxygen atoms in total. The van der Waals surface area contributed by atoms with Gasteiger partial charge in [0, 0.05) is 24.7 Å². The van der Waals surface area contributed by atoms with Crippen molar-refractivity contribution in [3.63, 3.8) is 0 Å². The summed E-state index contributed by atoms with van der Waals surface area (Å²) in [7, 11) is 2.07. The third-order valence-corrected chi connectivity index (χ3v) is 3.60. The van der Waals surface area contributed by atoms with Crippen molar-refractivity contribution >= 4 is 5.82 Å². The normalized spacial score (nSPS) is 13.7. The van der Waals surface area contributed by atoms with Crippen LogP contribution in [0.5, 0.6) is 0 Å². The predicted octanol–water partition coefficient (Wildman–Crippen LogP) is 1.90. The Morgan fingerprint density at radius 3 is 2.63 bits per heavy atom. The number of fused-ring (bicyclic) bond motifs is 1. The number of aromatic nitrogens is 2. The third-order valence-electron chi connectivity index (χ3n) is 3.60. The average Bonchev–Trinajstić information content (AvgIpc) is 2.80. The third kappa shape index (κ3) is 2.08. The summed E-state index contributed by atoms with van der Waals surface area (Å²) in [6.45, 7) is 3.46. The fourth-order valence-electron chi connectivity index (χ4n) is 2.49. The lowest BCUT2D eigenvalue weighted by Gasteiger charge is -2.13. The molecule has 19 heavy (non-hydrogen) atoms. The largest absolute Gasteiger partial charge is 0.359 e. The quantitative estimate of drug-likeness (QED) is 0.889. The lowest BCUT2D eigenvalue weighted by atomic mass is 10.0. The number of nitrogens with zero attached hydrogens (tertiary/aromatic N) is 3. The summed E-state index contributed by atoms with van der Waals surface area (Å²) in [6, 6.07) is 8.47. The molecule has 0 saturated carbocycles. The molecule has 0 saturated heterocycles. The van der Waals surface area contributed by atoms with E-state index in [9.17, 15) is 0 Å². The van der Waals surface area contributed by atoms with Crippen molar-refractivity contribution in [1.82, 2.24) is 9.97 Å². The highest BCUT2D eigenvalue weighted by Crippen LogP contribution is 2.32. The van der Waals surface area contributed by atoms with Gasteiger partial charge in [-0.15, -0.1) is 0 Å². The lowest BCUT2D eigenvalue weighted by molar-refractivity contribution is 0.895. The Balaban J connectivity index is 2.17. The van der Waals surface area contributed by atoms with Crippen molar-refractivity contribution in [3.8, 4) is 11.3 Å². The number of nitrogens with two attached hydrogens (primary N) is 1. The first kappa shape index (κ1) is 12.1. The average molecular weight is 254 g/mol. The highest BCUT2D eigenvalue weighted by Gasteiger charge is 2.23. The Labute approximate surface area is 113 Å². The minimum atomic E-state index is 0.375. The number of aryl methyl sites for hydroxylation is 1. The minimum Gasteiger partial charge on any atom is -0.359 e. The van der Waals surface area contributed by atoms with E-state index in [1.54, 1.807) is 0 Å². The number of likely N-dealkylation sites (N-methyl/N-ethyl adjacent to an activating group) is 1. The molecule has 98 valence electrons. The van der Waals surface area contributed by atoms with E-state index >= 15 is 0 Å². The van der Waals surface area contributed by atoms with E-state index in [0.717, 1.165) is 30.0 Å². The fourth-order valence-corrected chi connectivity index (χ4v) is 2.49. The minimum absolute atomic E-state index is 0.375. The molecular formula is C15H18N4. The Kier molecular flexibility index (Phi) is 2.95. The van der Waals surface area contributed by atoms with Gasteiger partial charge >= 0.3 is 0 Å². The molecule has 0 amide bonds. The monoisotopic (exact) mass is 254 g/mol. The summed E-state index contributed by atoms with van der Waals surface area (Å²) < 4.78 is 0. The molecular weight excluding hydrogens is 236 g/mol. The van der Waals surface area contributed by atoms with Gasteiger partial charge in [-0.25, -0.2) is 9.97 Å². The molecule has 2 N–H and O–H groups in total. The highest BCUT2D eigenvalue weighted by molar-refractivity contribution is 5.71. The number of hydrogen-bond donors (Lipinski definition) is 1. The molecule has 1 aromatic heterocycles. The first-order valence-electron chi connectivity index (χ1n) is 6.57. The molecule has 0 bridgehead atoms. The maximum atomic E-state index is 5.72. The van der Waals surface area contributed by atoms with Crippen LogP contribution in [-0.2, 0) is 13.0 Å². The molecule has 3 rings (SSSR count). The van der Waals surface area contributed by atoms with Crippen LogP contribution < -0.4 is 10.6 Å². The summed E-state index contributed by atoms with van der Waals surface area (Å²) >= 11 is 0. The van der Waals surface area contributed by atoms with Crippen LogP contribution in [0, 0.1) is 6.92 Å². The zero-order valence-electron chi connectivity index (χ0n) is 11.3. The van der Waals surface area contributed by atoms with Crippen molar-refractivity contribution < 1.29 is 0 Å². The molecule has 2 aromatic rings. The smallest absolute Gasteiger partial charge is 0.144 e. The fraction of sp³-hybridized carbons (Fsp3) is 0.333. The number of hydrogen-bond acceptors (Lipinski definition) is 4. The van der Waals surface area contributed by atoms with Gasteiger partial charge in [0.25, 0.3) is 0 Å². The van der Waals surface area contributed by atoms with Gasteiger partial charge in [-0.3, -0.25) is 0 Å². The molecule has 2 heterocycles. The SMILES string of the molecule is Cc1ccc(-c2nc(CN)nc3c2CCN3C)cc1. The topological polar surface area (TPSA) is 55.0 Å². The molecule has 0 atom stereocenters. The molecule has 0 fully saturated rings. The molecule has 1 aromatic carbocycles. The van der Waals surface area contributed by atoms with Crippen LogP contribution in [0.25, 0.3) is 11.3 Å². The van der Waals surface area contributed by atoms with Crippen molar-refractivity contribution in [2.24, 2.45) is 5.73 Å². The van der Waals surface area contributed by atoms with Crippen LogP contribution >= 0.6 is 0 Å². The van der Waals surface area contributed by atoms with Crippen molar-refractivity contribution in [1.29, 1.82) is 0 Å². The van der Waals surface area contributed by atoms with Crippen molar-refractivity contribution in [2.75, 3.05) is 18.5 Å². The Bertz CT molecular complexity index is 604. The summed E-state index contributed by atoms with van der Waals surface area (Å²) in [5, 5.41) is 0. The zero-order chi connectivity index (χ0) is 13.4. The first-order valence-corrected chi connectivity index (χ1v) is 6.57. The first-order chi connectivity index (χ1) is 9.19. The second-order valence-electron chi connectivity index (χ2n) is 5.03. The van der Waals surface area contributed by atoms with Gasteiger partial charge in [0.2, 0.25) is 0 Å². The van der Waals surface area contributed by atoms with E-state index in [0.29, 0.717) is 12.4 Å². The molecule has 0 radical (unpaired) electrons. The number of anilines is 1. The Morgan fingerprint density at radius 1 is 1.21 bits per heavy atom. The molecule has 1 aliphatic heterocycles. The maximum Gasteiger partial charge on any atom is 0.144 e. The van der Waals surface area contributed by atoms with Gasteiger partial charge in [-0.1, -0.05) is 29.8 Å². The highest BCUT2D eigenvalue weighted by atomic mass is 15.2. The van der Waals surface area contributed by atoms with Gasteiger partial charge in [0.1, 0.15) is 11.6 Å². The van der Waals surface area contributed by atoms with Crippen molar-refractivity contribution in [3.05, 3.63) is 41.2 Å². The predicted molar refractivity (Wildman–Crippen MR) is 77.1 cm³/mol. The zero-order valence-corrected chi connectivity index (χ0v) is 11.3. The van der Waals surface area contributed by atoms with Crippen LogP contribution in [0.2, 0.25) is 0 Å². The second kappa shape index (κ2) is 4.63. The van der Waals surface area contributed by atoms with Gasteiger partial charge in [-0.05, 0) is 13.3 Å². The maximum absolute atomic E-state index is 5.72. The molecule has 0 aliphatic carbocycles. The number of rotatable bonds is 2. The van der Waals surface area contributed by atoms with Crippen LogP contribution in [0.4, 0.5) is 5.82 Å².